The van der Waals surface area contributed by atoms with Crippen LogP contribution in [0.2, 0.25) is 0 Å². The van der Waals surface area contributed by atoms with Crippen molar-refractivity contribution in [2.24, 2.45) is 0 Å². The summed E-state index contributed by atoms with van der Waals surface area (Å²) in [6.45, 7) is 10.4. The van der Waals surface area contributed by atoms with Crippen molar-refractivity contribution < 1.29 is 33.4 Å². The van der Waals surface area contributed by atoms with Crippen molar-refractivity contribution in [3.63, 3.8) is 0 Å². The number of nitrogens with zero attached hydrogens (tertiary/aromatic N) is 6. The number of hydrogen-bond acceptors (Lipinski definition) is 14. The fraction of sp³-hybridized carbons (Fsp3) is 0.254. The summed E-state index contributed by atoms with van der Waals surface area (Å²) in [7, 11) is 2.64. The van der Waals surface area contributed by atoms with E-state index in [9.17, 15) is 19.2 Å². The highest BCUT2D eigenvalue weighted by Gasteiger charge is 2.21. The molecule has 16 nitrogen and oxygen atoms in total. The normalized spacial score (nSPS) is 12.8. The van der Waals surface area contributed by atoms with Crippen LogP contribution < -0.4 is 10.6 Å². The number of hydrogen-bond donors (Lipinski definition) is 3. The summed E-state index contributed by atoms with van der Waals surface area (Å²) in [6.07, 6.45) is 0.907. The van der Waals surface area contributed by atoms with Crippen LogP contribution in [-0.2, 0) is 50.0 Å². The Balaban J connectivity index is 1.17. The van der Waals surface area contributed by atoms with E-state index in [1.54, 1.807) is 24.3 Å². The van der Waals surface area contributed by atoms with Gasteiger partial charge in [0.2, 0.25) is 11.8 Å². The molecule has 1 aliphatic heterocycles. The van der Waals surface area contributed by atoms with Gasteiger partial charge >= 0.3 is 11.9 Å². The highest BCUT2D eigenvalue weighted by molar-refractivity contribution is 5.90. The predicted molar refractivity (Wildman–Crippen MR) is 285 cm³/mol. The van der Waals surface area contributed by atoms with E-state index >= 15 is 0 Å². The number of aryl methyl sites for hydroxylation is 1. The Labute approximate surface area is 437 Å². The van der Waals surface area contributed by atoms with E-state index in [0.717, 1.165) is 45.6 Å². The topological polar surface area (TPSA) is 192 Å². The standard InChI is InChI=1S/C59H57N9O7/c1-41-30-48(13-8-45-16-20-51(21-17-45)62-42(2)69)31-53(61-41)36-66-24-26-67(37-54-32-49(34-56(64-54)58(71)73-4)14-9-44-6-11-47(12-7-44)39-75-40-60)28-29-68(27-25-66)38-55-33-50(35-57(65-55)59(72)74-5)15-10-46-18-22-52(23-19-46)63-43(3)70/h6-7,11-12,16-23,30-35,40,60H,24-29,36-39H2,1-5H3,(H,62,69)(H,63,70). The van der Waals surface area contributed by atoms with Crippen molar-refractivity contribution in [1.29, 1.82) is 5.41 Å². The molecule has 3 aromatic heterocycles. The first kappa shape index (κ1) is 53.8. The summed E-state index contributed by atoms with van der Waals surface area (Å²) in [4.78, 5) is 70.4. The highest BCUT2D eigenvalue weighted by atomic mass is 16.5. The van der Waals surface area contributed by atoms with Crippen LogP contribution in [0, 0.1) is 47.9 Å². The molecule has 6 aromatic rings. The zero-order valence-corrected chi connectivity index (χ0v) is 42.6. The van der Waals surface area contributed by atoms with E-state index in [2.05, 4.69) is 60.9 Å². The molecule has 0 bridgehead atoms. The molecule has 0 saturated carbocycles. The molecule has 0 spiro atoms. The van der Waals surface area contributed by atoms with Crippen LogP contribution in [0.3, 0.4) is 0 Å². The second kappa shape index (κ2) is 26.6. The van der Waals surface area contributed by atoms with Crippen molar-refractivity contribution in [2.45, 2.75) is 47.0 Å². The van der Waals surface area contributed by atoms with Crippen LogP contribution in [0.15, 0.2) is 109 Å². The lowest BCUT2D eigenvalue weighted by Crippen LogP contribution is -2.36. The van der Waals surface area contributed by atoms with Gasteiger partial charge in [-0.3, -0.25) is 34.7 Å². The van der Waals surface area contributed by atoms with E-state index in [-0.39, 0.29) is 29.8 Å². The smallest absolute Gasteiger partial charge is 0.356 e. The summed E-state index contributed by atoms with van der Waals surface area (Å²) >= 11 is 0. The maximum atomic E-state index is 13.0. The molecule has 2 amide bonds. The average molecular weight is 1000 g/mol. The zero-order chi connectivity index (χ0) is 53.1. The number of ether oxygens (including phenoxy) is 3. The molecular weight excluding hydrogens is 947 g/mol. The largest absolute Gasteiger partial charge is 0.479 e. The van der Waals surface area contributed by atoms with Gasteiger partial charge in [0.05, 0.1) is 31.3 Å². The summed E-state index contributed by atoms with van der Waals surface area (Å²) in [6, 6.07) is 33.1. The molecule has 1 fully saturated rings. The fourth-order valence-corrected chi connectivity index (χ4v) is 8.07. The number of carbonyl (C=O) groups is 4. The second-order valence-corrected chi connectivity index (χ2v) is 17.7. The summed E-state index contributed by atoms with van der Waals surface area (Å²) in [5, 5.41) is 12.7. The maximum Gasteiger partial charge on any atom is 0.356 e. The van der Waals surface area contributed by atoms with E-state index in [4.69, 9.17) is 34.6 Å². The number of nitrogens with one attached hydrogen (secondary N) is 3. The molecule has 1 saturated heterocycles. The third-order valence-electron chi connectivity index (χ3n) is 11.7. The second-order valence-electron chi connectivity index (χ2n) is 17.7. The quantitative estimate of drug-likeness (QED) is 0.0474. The van der Waals surface area contributed by atoms with Gasteiger partial charge in [0.25, 0.3) is 0 Å². The molecule has 0 unspecified atom stereocenters. The van der Waals surface area contributed by atoms with Gasteiger partial charge in [0, 0.05) is 123 Å². The number of esters is 2. The summed E-state index contributed by atoms with van der Waals surface area (Å²) in [5.74, 6) is 17.8. The lowest BCUT2D eigenvalue weighted by molar-refractivity contribution is -0.115. The lowest BCUT2D eigenvalue weighted by atomic mass is 10.1. The first-order valence-electron chi connectivity index (χ1n) is 24.1. The number of rotatable bonds is 13. The SMILES string of the molecule is COC(=O)c1cc(C#Cc2ccc(COC=N)cc2)cc(CN2CCN(Cc3cc(C#Cc4ccc(NC(C)=O)cc4)cc(C)n3)CCN(Cc3cc(C#Cc4ccc(NC(C)=O)cc4)cc(C(=O)OC)n3)CC2)n1. The average Bonchev–Trinajstić information content (AvgIpc) is 3.48. The Morgan fingerprint density at radius 3 is 1.23 bits per heavy atom. The first-order chi connectivity index (χ1) is 36.3. The van der Waals surface area contributed by atoms with Gasteiger partial charge in [-0.1, -0.05) is 47.7 Å². The minimum Gasteiger partial charge on any atom is -0.479 e. The third kappa shape index (κ3) is 17.1. The molecule has 75 heavy (non-hydrogen) atoms. The first-order valence-corrected chi connectivity index (χ1v) is 24.1. The lowest BCUT2D eigenvalue weighted by Gasteiger charge is -2.25. The van der Waals surface area contributed by atoms with Gasteiger partial charge in [-0.15, -0.1) is 0 Å². The number of amides is 2. The summed E-state index contributed by atoms with van der Waals surface area (Å²) < 4.78 is 15.3. The molecule has 7 rings (SSSR count). The Kier molecular flexibility index (Phi) is 19.1. The fourth-order valence-electron chi connectivity index (χ4n) is 8.07. The minimum atomic E-state index is -0.579. The predicted octanol–water partition coefficient (Wildman–Crippen LogP) is 6.81. The van der Waals surface area contributed by atoms with Crippen LogP contribution >= 0.6 is 0 Å². The van der Waals surface area contributed by atoms with Gasteiger partial charge in [0.1, 0.15) is 18.0 Å². The number of aromatic nitrogens is 3. The van der Waals surface area contributed by atoms with Crippen LogP contribution in [0.5, 0.6) is 0 Å². The molecule has 0 radical (unpaired) electrons. The van der Waals surface area contributed by atoms with Gasteiger partial charge in [-0.2, -0.15) is 0 Å². The molecule has 3 aromatic carbocycles. The van der Waals surface area contributed by atoms with Gasteiger partial charge in [-0.05, 0) is 110 Å². The van der Waals surface area contributed by atoms with Crippen molar-refractivity contribution in [3.05, 3.63) is 182 Å². The zero-order valence-electron chi connectivity index (χ0n) is 42.6. The van der Waals surface area contributed by atoms with E-state index in [1.165, 1.54) is 28.1 Å². The van der Waals surface area contributed by atoms with Crippen molar-refractivity contribution in [3.8, 4) is 35.5 Å². The minimum absolute atomic E-state index is 0.139. The molecule has 1 aliphatic rings. The molecule has 3 N–H and O–H groups in total. The maximum absolute atomic E-state index is 13.0. The number of carbonyl (C=O) groups excluding carboxylic acids is 4. The number of anilines is 2. The number of methoxy groups -OCH3 is 2. The van der Waals surface area contributed by atoms with E-state index in [1.807, 2.05) is 91.9 Å². The van der Waals surface area contributed by atoms with Crippen molar-refractivity contribution in [1.82, 2.24) is 29.7 Å². The molecule has 0 aliphatic carbocycles. The van der Waals surface area contributed by atoms with E-state index < -0.39 is 11.9 Å². The molecule has 4 heterocycles. The van der Waals surface area contributed by atoms with Gasteiger partial charge < -0.3 is 24.8 Å². The Morgan fingerprint density at radius 2 is 0.867 bits per heavy atom. The molecule has 16 heteroatoms. The third-order valence-corrected chi connectivity index (χ3v) is 11.7. The van der Waals surface area contributed by atoms with Crippen LogP contribution in [0.1, 0.15) is 96.5 Å². The van der Waals surface area contributed by atoms with Crippen molar-refractivity contribution >= 4 is 41.5 Å². The summed E-state index contributed by atoms with van der Waals surface area (Å²) in [5.41, 5.74) is 9.86. The molecular formula is C59H57N9O7. The number of benzene rings is 3. The van der Waals surface area contributed by atoms with Gasteiger partial charge in [-0.25, -0.2) is 19.6 Å². The van der Waals surface area contributed by atoms with Crippen LogP contribution in [0.4, 0.5) is 11.4 Å². The molecule has 380 valence electrons. The molecule has 0 atom stereocenters. The van der Waals surface area contributed by atoms with Crippen molar-refractivity contribution in [2.75, 3.05) is 64.1 Å². The monoisotopic (exact) mass is 1000 g/mol. The highest BCUT2D eigenvalue weighted by Crippen LogP contribution is 2.17. The van der Waals surface area contributed by atoms with E-state index in [0.29, 0.717) is 92.8 Å². The van der Waals surface area contributed by atoms with Gasteiger partial charge in [0.15, 0.2) is 6.40 Å². The number of pyridine rings is 3. The van der Waals surface area contributed by atoms with Crippen LogP contribution in [0.25, 0.3) is 0 Å². The van der Waals surface area contributed by atoms with Crippen LogP contribution in [-0.4, -0.2) is 113 Å². The Hall–Kier alpha value is -8.98. The Morgan fingerprint density at radius 1 is 0.520 bits per heavy atom. The Bertz CT molecular complexity index is 3240.